The Hall–Kier alpha value is -3.23. The number of hydrogen-bond donors (Lipinski definition) is 0. The smallest absolute Gasteiger partial charge is 0.270 e. The van der Waals surface area contributed by atoms with Crippen molar-refractivity contribution < 1.29 is 9.72 Å². The Bertz CT molecular complexity index is 911. The van der Waals surface area contributed by atoms with Crippen molar-refractivity contribution >= 4 is 23.2 Å². The van der Waals surface area contributed by atoms with Gasteiger partial charge in [-0.1, -0.05) is 6.07 Å². The molecule has 0 saturated carbocycles. The third-order valence-electron chi connectivity index (χ3n) is 5.93. The lowest BCUT2D eigenvalue weighted by Gasteiger charge is -2.36. The van der Waals surface area contributed by atoms with Gasteiger partial charge in [-0.3, -0.25) is 14.9 Å². The Kier molecular flexibility index (Phi) is 5.78. The molecule has 9 nitrogen and oxygen atoms in total. The van der Waals surface area contributed by atoms with Crippen LogP contribution >= 0.6 is 0 Å². The van der Waals surface area contributed by atoms with Gasteiger partial charge in [-0.25, -0.2) is 0 Å². The zero-order valence-corrected chi connectivity index (χ0v) is 17.1. The minimum absolute atomic E-state index is 0.0714. The lowest BCUT2D eigenvalue weighted by atomic mass is 10.0. The maximum atomic E-state index is 12.7. The second-order valence-corrected chi connectivity index (χ2v) is 7.87. The number of nitrogens with zero attached hydrogens (tertiary/aromatic N) is 6. The Morgan fingerprint density at radius 3 is 2.43 bits per heavy atom. The predicted octanol–water partition coefficient (Wildman–Crippen LogP) is 2.73. The van der Waals surface area contributed by atoms with Crippen LogP contribution in [-0.2, 0) is 0 Å². The number of anilines is 2. The first-order chi connectivity index (χ1) is 14.5. The molecule has 9 heteroatoms. The Morgan fingerprint density at radius 2 is 1.77 bits per heavy atom. The van der Waals surface area contributed by atoms with E-state index in [1.807, 2.05) is 12.1 Å². The molecule has 2 aromatic rings. The number of rotatable bonds is 4. The molecule has 0 aliphatic carbocycles. The van der Waals surface area contributed by atoms with Gasteiger partial charge in [-0.05, 0) is 44.4 Å². The first kappa shape index (κ1) is 20.1. The molecule has 1 amide bonds. The van der Waals surface area contributed by atoms with Crippen molar-refractivity contribution in [2.75, 3.05) is 42.5 Å². The molecule has 1 atom stereocenters. The van der Waals surface area contributed by atoms with Gasteiger partial charge < -0.3 is 14.7 Å². The first-order valence-electron chi connectivity index (χ1n) is 10.4. The molecule has 0 bridgehead atoms. The second kappa shape index (κ2) is 8.64. The molecule has 0 spiro atoms. The van der Waals surface area contributed by atoms with Crippen LogP contribution in [-0.4, -0.2) is 64.7 Å². The van der Waals surface area contributed by atoms with E-state index in [0.717, 1.165) is 18.2 Å². The van der Waals surface area contributed by atoms with Crippen LogP contribution < -0.4 is 9.80 Å². The molecular formula is C21H26N6O3. The fourth-order valence-corrected chi connectivity index (χ4v) is 4.15. The zero-order chi connectivity index (χ0) is 21.1. The maximum Gasteiger partial charge on any atom is 0.270 e. The van der Waals surface area contributed by atoms with Crippen LogP contribution in [0.3, 0.4) is 0 Å². The Morgan fingerprint density at radius 1 is 1.03 bits per heavy atom. The Balaban J connectivity index is 1.37. The molecule has 2 saturated heterocycles. The van der Waals surface area contributed by atoms with E-state index >= 15 is 0 Å². The highest BCUT2D eigenvalue weighted by atomic mass is 16.6. The molecule has 158 valence electrons. The standard InChI is InChI=1S/C21H26N6O3/c1-16-5-2-3-10-26(16)20-9-8-19(22-23-20)24-11-13-25(14-12-24)21(28)17-6-4-7-18(15-17)27(29)30/h4,6-9,15-16H,2-3,5,10-14H2,1H3/t16-/m0/s1. The van der Waals surface area contributed by atoms with E-state index in [1.54, 1.807) is 17.0 Å². The zero-order valence-electron chi connectivity index (χ0n) is 17.1. The minimum Gasteiger partial charge on any atom is -0.352 e. The molecule has 3 heterocycles. The summed E-state index contributed by atoms with van der Waals surface area (Å²) >= 11 is 0. The number of hydrogen-bond acceptors (Lipinski definition) is 7. The SMILES string of the molecule is C[C@H]1CCCCN1c1ccc(N2CCN(C(=O)c3cccc([N+](=O)[O-])c3)CC2)nn1. The van der Waals surface area contributed by atoms with Gasteiger partial charge in [0.15, 0.2) is 11.6 Å². The molecule has 2 fully saturated rings. The van der Waals surface area contributed by atoms with Crippen LogP contribution in [0.15, 0.2) is 36.4 Å². The fraction of sp³-hybridized carbons (Fsp3) is 0.476. The molecule has 0 N–H and O–H groups in total. The highest BCUT2D eigenvalue weighted by Crippen LogP contribution is 2.24. The molecule has 30 heavy (non-hydrogen) atoms. The monoisotopic (exact) mass is 410 g/mol. The number of amides is 1. The minimum atomic E-state index is -0.484. The average Bonchev–Trinajstić information content (AvgIpc) is 2.79. The van der Waals surface area contributed by atoms with Crippen molar-refractivity contribution in [1.29, 1.82) is 0 Å². The predicted molar refractivity (Wildman–Crippen MR) is 114 cm³/mol. The van der Waals surface area contributed by atoms with Crippen molar-refractivity contribution in [2.24, 2.45) is 0 Å². The van der Waals surface area contributed by atoms with Gasteiger partial charge in [0.1, 0.15) is 0 Å². The number of aromatic nitrogens is 2. The number of piperazine rings is 1. The largest absolute Gasteiger partial charge is 0.352 e. The van der Waals surface area contributed by atoms with E-state index in [4.69, 9.17) is 0 Å². The molecule has 1 aromatic heterocycles. The lowest BCUT2D eigenvalue weighted by Crippen LogP contribution is -2.49. The van der Waals surface area contributed by atoms with Crippen molar-refractivity contribution in [1.82, 2.24) is 15.1 Å². The summed E-state index contributed by atoms with van der Waals surface area (Å²) in [5.74, 6) is 1.55. The molecule has 1 aromatic carbocycles. The fourth-order valence-electron chi connectivity index (χ4n) is 4.15. The van der Waals surface area contributed by atoms with E-state index < -0.39 is 4.92 Å². The quantitative estimate of drug-likeness (QED) is 0.565. The van der Waals surface area contributed by atoms with Crippen LogP contribution in [0.25, 0.3) is 0 Å². The van der Waals surface area contributed by atoms with Gasteiger partial charge in [-0.15, -0.1) is 10.2 Å². The van der Waals surface area contributed by atoms with Crippen molar-refractivity contribution in [3.05, 3.63) is 52.1 Å². The number of nitro benzene ring substituents is 1. The first-order valence-corrected chi connectivity index (χ1v) is 10.4. The van der Waals surface area contributed by atoms with Crippen LogP contribution in [0.4, 0.5) is 17.3 Å². The lowest BCUT2D eigenvalue weighted by molar-refractivity contribution is -0.384. The van der Waals surface area contributed by atoms with Crippen LogP contribution in [0.5, 0.6) is 0 Å². The molecular weight excluding hydrogens is 384 g/mol. The van der Waals surface area contributed by atoms with E-state index in [2.05, 4.69) is 26.9 Å². The van der Waals surface area contributed by atoms with Crippen molar-refractivity contribution in [3.63, 3.8) is 0 Å². The maximum absolute atomic E-state index is 12.7. The third-order valence-corrected chi connectivity index (χ3v) is 5.93. The summed E-state index contributed by atoms with van der Waals surface area (Å²) in [5, 5.41) is 19.8. The van der Waals surface area contributed by atoms with Gasteiger partial charge in [0.2, 0.25) is 0 Å². The summed E-state index contributed by atoms with van der Waals surface area (Å²) in [6, 6.07) is 10.4. The number of nitro groups is 1. The van der Waals surface area contributed by atoms with Crippen molar-refractivity contribution in [2.45, 2.75) is 32.2 Å². The van der Waals surface area contributed by atoms with Gasteiger partial charge in [0.25, 0.3) is 11.6 Å². The van der Waals surface area contributed by atoms with Crippen LogP contribution in [0.2, 0.25) is 0 Å². The summed E-state index contributed by atoms with van der Waals surface area (Å²) in [6.07, 6.45) is 3.64. The normalized spacial score (nSPS) is 19.6. The number of carbonyl (C=O) groups excluding carboxylic acids is 1. The van der Waals surface area contributed by atoms with E-state index in [9.17, 15) is 14.9 Å². The summed E-state index contributed by atoms with van der Waals surface area (Å²) in [7, 11) is 0. The number of carbonyl (C=O) groups is 1. The van der Waals surface area contributed by atoms with E-state index in [0.29, 0.717) is 37.8 Å². The van der Waals surface area contributed by atoms with Crippen LogP contribution in [0, 0.1) is 10.1 Å². The number of benzene rings is 1. The Labute approximate surface area is 175 Å². The van der Waals surface area contributed by atoms with Crippen LogP contribution in [0.1, 0.15) is 36.5 Å². The summed E-state index contributed by atoms with van der Waals surface area (Å²) < 4.78 is 0. The average molecular weight is 410 g/mol. The van der Waals surface area contributed by atoms with Gasteiger partial charge >= 0.3 is 0 Å². The topological polar surface area (TPSA) is 95.7 Å². The van der Waals surface area contributed by atoms with E-state index in [1.165, 1.54) is 31.4 Å². The van der Waals surface area contributed by atoms with Gasteiger partial charge in [0.05, 0.1) is 4.92 Å². The highest BCUT2D eigenvalue weighted by molar-refractivity contribution is 5.95. The summed E-state index contributed by atoms with van der Waals surface area (Å²) in [6.45, 7) is 5.62. The van der Waals surface area contributed by atoms with E-state index in [-0.39, 0.29) is 11.6 Å². The highest BCUT2D eigenvalue weighted by Gasteiger charge is 2.25. The summed E-state index contributed by atoms with van der Waals surface area (Å²) in [5.41, 5.74) is 0.273. The second-order valence-electron chi connectivity index (χ2n) is 7.87. The third kappa shape index (κ3) is 4.19. The molecule has 4 rings (SSSR count). The van der Waals surface area contributed by atoms with Gasteiger partial charge in [-0.2, -0.15) is 0 Å². The molecule has 0 radical (unpaired) electrons. The molecule has 0 unspecified atom stereocenters. The summed E-state index contributed by atoms with van der Waals surface area (Å²) in [4.78, 5) is 29.4. The molecule has 2 aliphatic rings. The number of non-ortho nitro benzene ring substituents is 1. The number of piperidine rings is 1. The van der Waals surface area contributed by atoms with Gasteiger partial charge in [0, 0.05) is 56.5 Å². The molecule has 2 aliphatic heterocycles. The van der Waals surface area contributed by atoms with Crippen molar-refractivity contribution in [3.8, 4) is 0 Å².